The van der Waals surface area contributed by atoms with Gasteiger partial charge in [-0.05, 0) is 30.7 Å². The highest BCUT2D eigenvalue weighted by molar-refractivity contribution is 9.10. The zero-order chi connectivity index (χ0) is 15.2. The fourth-order valence-electron chi connectivity index (χ4n) is 2.10. The minimum absolute atomic E-state index is 0.110. The molecule has 0 radical (unpaired) electrons. The zero-order valence-electron chi connectivity index (χ0n) is 11.8. The monoisotopic (exact) mass is 352 g/mol. The van der Waals surface area contributed by atoms with Gasteiger partial charge in [0.25, 0.3) is 0 Å². The molecule has 1 heterocycles. The Kier molecular flexibility index (Phi) is 5.38. The minimum Gasteiger partial charge on any atom is -0.496 e. The number of amides is 2. The maximum absolute atomic E-state index is 12.2. The lowest BCUT2D eigenvalue weighted by Gasteiger charge is -2.16. The third kappa shape index (κ3) is 4.32. The van der Waals surface area contributed by atoms with Crippen LogP contribution in [0.3, 0.4) is 0 Å². The summed E-state index contributed by atoms with van der Waals surface area (Å²) >= 11 is 3.39. The van der Waals surface area contributed by atoms with Gasteiger partial charge in [0.1, 0.15) is 5.75 Å². The molecule has 21 heavy (non-hydrogen) atoms. The summed E-state index contributed by atoms with van der Waals surface area (Å²) < 4.78 is 6.16. The lowest BCUT2D eigenvalue weighted by molar-refractivity contribution is -0.131. The molecule has 1 aromatic rings. The van der Waals surface area contributed by atoms with Crippen LogP contribution >= 0.6 is 15.9 Å². The van der Waals surface area contributed by atoms with Crippen LogP contribution in [-0.4, -0.2) is 43.5 Å². The first-order chi connectivity index (χ1) is 10.1. The maximum Gasteiger partial charge on any atom is 0.247 e. The van der Waals surface area contributed by atoms with Gasteiger partial charge in [-0.3, -0.25) is 9.59 Å². The molecule has 112 valence electrons. The largest absolute Gasteiger partial charge is 0.496 e. The van der Waals surface area contributed by atoms with Crippen LogP contribution in [0.1, 0.15) is 12.0 Å². The van der Waals surface area contributed by atoms with E-state index < -0.39 is 0 Å². The number of nitrogens with one attached hydrogen (secondary N) is 1. The molecule has 2 amide bonds. The number of rotatable bonds is 3. The molecular weight excluding hydrogens is 336 g/mol. The second-order valence-corrected chi connectivity index (χ2v) is 5.60. The number of carbonyl (C=O) groups excluding carboxylic acids is 2. The van der Waals surface area contributed by atoms with Crippen LogP contribution < -0.4 is 10.1 Å². The van der Waals surface area contributed by atoms with Crippen LogP contribution in [0.25, 0.3) is 6.08 Å². The van der Waals surface area contributed by atoms with Crippen LogP contribution in [0.4, 0.5) is 0 Å². The fraction of sp³-hybridized carbons (Fsp3) is 0.333. The molecule has 5 nitrogen and oxygen atoms in total. The average molecular weight is 353 g/mol. The molecule has 1 fully saturated rings. The predicted molar refractivity (Wildman–Crippen MR) is 83.9 cm³/mol. The van der Waals surface area contributed by atoms with Crippen molar-refractivity contribution in [3.05, 3.63) is 34.3 Å². The molecule has 1 aliphatic rings. The molecule has 6 heteroatoms. The molecule has 0 aliphatic carbocycles. The number of methoxy groups -OCH3 is 1. The molecule has 1 aliphatic heterocycles. The number of benzene rings is 1. The van der Waals surface area contributed by atoms with Crippen molar-refractivity contribution >= 4 is 33.8 Å². The van der Waals surface area contributed by atoms with E-state index in [0.717, 1.165) is 16.5 Å². The molecule has 1 aromatic carbocycles. The third-order valence-corrected chi connectivity index (χ3v) is 3.66. The first-order valence-corrected chi connectivity index (χ1v) is 7.46. The Labute approximate surface area is 132 Å². The van der Waals surface area contributed by atoms with Gasteiger partial charge >= 0.3 is 0 Å². The molecule has 1 N–H and O–H groups in total. The standard InChI is InChI=1S/C15H17BrN2O3/c1-21-13-5-4-12(16)9-11(13)3-6-15(20)18-8-2-7-17-14(19)10-18/h3-6,9H,2,7-8,10H2,1H3,(H,17,19). The van der Waals surface area contributed by atoms with E-state index in [1.165, 1.54) is 6.08 Å². The van der Waals surface area contributed by atoms with E-state index in [2.05, 4.69) is 21.2 Å². The number of hydrogen-bond donors (Lipinski definition) is 1. The summed E-state index contributed by atoms with van der Waals surface area (Å²) in [6, 6.07) is 5.57. The smallest absolute Gasteiger partial charge is 0.247 e. The Balaban J connectivity index is 2.11. The van der Waals surface area contributed by atoms with Crippen molar-refractivity contribution in [3.8, 4) is 5.75 Å². The van der Waals surface area contributed by atoms with Gasteiger partial charge in [-0.2, -0.15) is 0 Å². The van der Waals surface area contributed by atoms with Crippen molar-refractivity contribution in [3.63, 3.8) is 0 Å². The molecule has 0 atom stereocenters. The summed E-state index contributed by atoms with van der Waals surface area (Å²) in [5.74, 6) is 0.402. The van der Waals surface area contributed by atoms with Gasteiger partial charge < -0.3 is 15.0 Å². The molecule has 0 bridgehead atoms. The summed E-state index contributed by atoms with van der Waals surface area (Å²) in [5, 5.41) is 2.75. The molecule has 0 unspecified atom stereocenters. The fourth-order valence-corrected chi connectivity index (χ4v) is 2.47. The molecule has 0 aromatic heterocycles. The maximum atomic E-state index is 12.2. The minimum atomic E-state index is -0.172. The number of halogens is 1. The van der Waals surface area contributed by atoms with Crippen molar-refractivity contribution in [2.45, 2.75) is 6.42 Å². The number of carbonyl (C=O) groups is 2. The van der Waals surface area contributed by atoms with Gasteiger partial charge in [-0.1, -0.05) is 15.9 Å². The van der Waals surface area contributed by atoms with Gasteiger partial charge in [0.2, 0.25) is 11.8 Å². The Hall–Kier alpha value is -1.82. The highest BCUT2D eigenvalue weighted by atomic mass is 79.9. The van der Waals surface area contributed by atoms with Crippen molar-refractivity contribution < 1.29 is 14.3 Å². The lowest BCUT2D eigenvalue weighted by atomic mass is 10.2. The highest BCUT2D eigenvalue weighted by Crippen LogP contribution is 2.24. The average Bonchev–Trinajstić information content (AvgIpc) is 2.69. The lowest BCUT2D eigenvalue weighted by Crippen LogP contribution is -2.36. The first kappa shape index (κ1) is 15.6. The third-order valence-electron chi connectivity index (χ3n) is 3.17. The van der Waals surface area contributed by atoms with E-state index in [1.54, 1.807) is 18.1 Å². The highest BCUT2D eigenvalue weighted by Gasteiger charge is 2.17. The second kappa shape index (κ2) is 7.26. The first-order valence-electron chi connectivity index (χ1n) is 6.67. The van der Waals surface area contributed by atoms with Crippen molar-refractivity contribution in [2.75, 3.05) is 26.7 Å². The van der Waals surface area contributed by atoms with Gasteiger partial charge in [0.05, 0.1) is 13.7 Å². The van der Waals surface area contributed by atoms with Gasteiger partial charge in [0, 0.05) is 29.2 Å². The summed E-state index contributed by atoms with van der Waals surface area (Å²) in [4.78, 5) is 25.2. The van der Waals surface area contributed by atoms with Crippen LogP contribution in [0.15, 0.2) is 28.7 Å². The Morgan fingerprint density at radius 2 is 2.29 bits per heavy atom. The van der Waals surface area contributed by atoms with E-state index >= 15 is 0 Å². The van der Waals surface area contributed by atoms with Gasteiger partial charge in [-0.25, -0.2) is 0 Å². The zero-order valence-corrected chi connectivity index (χ0v) is 13.4. The number of ether oxygens (including phenoxy) is 1. The second-order valence-electron chi connectivity index (χ2n) is 4.68. The summed E-state index contributed by atoms with van der Waals surface area (Å²) in [6.45, 7) is 1.31. The van der Waals surface area contributed by atoms with Crippen LogP contribution in [0, 0.1) is 0 Å². The molecule has 1 saturated heterocycles. The number of hydrogen-bond acceptors (Lipinski definition) is 3. The van der Waals surface area contributed by atoms with Crippen molar-refractivity contribution in [1.82, 2.24) is 10.2 Å². The van der Waals surface area contributed by atoms with E-state index in [1.807, 2.05) is 18.2 Å². The molecule has 0 spiro atoms. The Morgan fingerprint density at radius 1 is 1.48 bits per heavy atom. The van der Waals surface area contributed by atoms with Crippen LogP contribution in [0.5, 0.6) is 5.75 Å². The summed E-state index contributed by atoms with van der Waals surface area (Å²) in [7, 11) is 1.58. The van der Waals surface area contributed by atoms with E-state index in [4.69, 9.17) is 4.74 Å². The summed E-state index contributed by atoms with van der Waals surface area (Å²) in [6.07, 6.45) is 3.95. The van der Waals surface area contributed by atoms with E-state index in [-0.39, 0.29) is 18.4 Å². The molecule has 0 saturated carbocycles. The SMILES string of the molecule is COc1ccc(Br)cc1C=CC(=O)N1CCCNC(=O)C1. The Bertz CT molecular complexity index is 572. The predicted octanol–water partition coefficient (Wildman–Crippen LogP) is 1.82. The normalized spacial score (nSPS) is 15.7. The molecule has 2 rings (SSSR count). The van der Waals surface area contributed by atoms with E-state index in [9.17, 15) is 9.59 Å². The topological polar surface area (TPSA) is 58.6 Å². The molecular formula is C15H17BrN2O3. The van der Waals surface area contributed by atoms with Crippen LogP contribution in [0.2, 0.25) is 0 Å². The van der Waals surface area contributed by atoms with Gasteiger partial charge in [0.15, 0.2) is 0 Å². The van der Waals surface area contributed by atoms with Gasteiger partial charge in [-0.15, -0.1) is 0 Å². The van der Waals surface area contributed by atoms with Crippen molar-refractivity contribution in [1.29, 1.82) is 0 Å². The Morgan fingerprint density at radius 3 is 3.05 bits per heavy atom. The van der Waals surface area contributed by atoms with E-state index in [0.29, 0.717) is 18.8 Å². The van der Waals surface area contributed by atoms with Crippen LogP contribution in [-0.2, 0) is 9.59 Å². The quantitative estimate of drug-likeness (QED) is 0.844. The van der Waals surface area contributed by atoms with Crippen molar-refractivity contribution in [2.24, 2.45) is 0 Å². The number of nitrogens with zero attached hydrogens (tertiary/aromatic N) is 1. The summed E-state index contributed by atoms with van der Waals surface area (Å²) in [5.41, 5.74) is 0.805.